The van der Waals surface area contributed by atoms with Gasteiger partial charge in [-0.3, -0.25) is 9.69 Å². The number of aliphatic hydroxyl groups excluding tert-OH is 3. The number of ether oxygens (including phenoxy) is 2. The molecule has 0 aliphatic carbocycles. The first kappa shape index (κ1) is 28.7. The summed E-state index contributed by atoms with van der Waals surface area (Å²) in [6.07, 6.45) is -0.540. The lowest BCUT2D eigenvalue weighted by Crippen LogP contribution is -2.65. The van der Waals surface area contributed by atoms with Gasteiger partial charge >= 0.3 is 6.09 Å². The fraction of sp³-hybridized carbons (Fsp3) is 0.692. The summed E-state index contributed by atoms with van der Waals surface area (Å²) in [5.74, 6) is 0.208. The van der Waals surface area contributed by atoms with Gasteiger partial charge in [-0.15, -0.1) is 11.8 Å². The molecule has 4 N–H and O–H groups in total. The number of rotatable bonds is 8. The van der Waals surface area contributed by atoms with Crippen molar-refractivity contribution in [2.24, 2.45) is 11.8 Å². The van der Waals surface area contributed by atoms with Gasteiger partial charge in [0.1, 0.15) is 41.6 Å². The third-order valence-corrected chi connectivity index (χ3v) is 7.97. The highest BCUT2D eigenvalue weighted by atomic mass is 32.2. The van der Waals surface area contributed by atoms with Crippen molar-refractivity contribution < 1.29 is 34.4 Å². The highest BCUT2D eigenvalue weighted by Gasteiger charge is 2.48. The van der Waals surface area contributed by atoms with Crippen LogP contribution < -0.4 is 10.1 Å². The summed E-state index contributed by atoms with van der Waals surface area (Å²) >= 11 is 1.22. The van der Waals surface area contributed by atoms with E-state index in [1.807, 2.05) is 19.9 Å². The fourth-order valence-corrected chi connectivity index (χ4v) is 5.76. The molecule has 9 nitrogen and oxygen atoms in total. The number of aliphatic hydroxyl groups is 3. The van der Waals surface area contributed by atoms with E-state index in [-0.39, 0.29) is 11.8 Å². The van der Waals surface area contributed by atoms with E-state index in [1.54, 1.807) is 30.5 Å². The molecular formula is C26H40N2O7S. The summed E-state index contributed by atoms with van der Waals surface area (Å²) in [4.78, 5) is 28.2. The number of benzene rings is 1. The Bertz CT molecular complexity index is 856. The molecule has 36 heavy (non-hydrogen) atoms. The highest BCUT2D eigenvalue weighted by Crippen LogP contribution is 2.32. The van der Waals surface area contributed by atoms with Crippen LogP contribution in [0.25, 0.3) is 0 Å². The Morgan fingerprint density at radius 1 is 1.17 bits per heavy atom. The first-order valence-corrected chi connectivity index (χ1v) is 14.0. The average Bonchev–Trinajstić information content (AvgIpc) is 2.87. The number of hydrogen-bond donors (Lipinski definition) is 4. The Hall–Kier alpha value is -1.85. The molecule has 10 heteroatoms. The maximum absolute atomic E-state index is 13.7. The van der Waals surface area contributed by atoms with E-state index in [9.17, 15) is 24.9 Å². The zero-order valence-corrected chi connectivity index (χ0v) is 22.3. The Morgan fingerprint density at radius 3 is 2.47 bits per heavy atom. The van der Waals surface area contributed by atoms with E-state index in [0.29, 0.717) is 24.6 Å². The number of hydrogen-bond acceptors (Lipinski definition) is 8. The van der Waals surface area contributed by atoms with Gasteiger partial charge in [-0.25, -0.2) is 4.79 Å². The summed E-state index contributed by atoms with van der Waals surface area (Å²) in [6.45, 7) is 6.27. The molecule has 3 rings (SSSR count). The third-order valence-electron chi connectivity index (χ3n) is 7.11. The van der Waals surface area contributed by atoms with Crippen LogP contribution in [0, 0.1) is 11.8 Å². The topological polar surface area (TPSA) is 129 Å². The predicted molar refractivity (Wildman–Crippen MR) is 138 cm³/mol. The standard InChI is InChI=1S/C26H40N2O7S/c1-5-9-16-12-13-28(26(33)34-17-10-7-6-8-11-17)18(14-16)24(32)27-19(15(2)3)23-21(30)20(29)22(31)25(35-23)36-4/h6-8,10-11,15-16,18-23,25,29-31H,5,9,12-14H2,1-4H3,(H,27,32)/t16-,18+,19-,20+,21-,22-,23-,25-/m1/s1. The van der Waals surface area contributed by atoms with Crippen molar-refractivity contribution in [1.82, 2.24) is 10.2 Å². The maximum atomic E-state index is 13.7. The van der Waals surface area contributed by atoms with Crippen molar-refractivity contribution in [3.8, 4) is 5.75 Å². The minimum Gasteiger partial charge on any atom is -0.410 e. The Kier molecular flexibility index (Phi) is 10.4. The normalized spacial score (nSPS) is 31.7. The predicted octanol–water partition coefficient (Wildman–Crippen LogP) is 2.38. The van der Waals surface area contributed by atoms with Crippen LogP contribution in [0.4, 0.5) is 4.79 Å². The molecule has 8 atom stereocenters. The highest BCUT2D eigenvalue weighted by molar-refractivity contribution is 7.99. The number of nitrogens with one attached hydrogen (secondary N) is 1. The Morgan fingerprint density at radius 2 is 1.86 bits per heavy atom. The van der Waals surface area contributed by atoms with Crippen molar-refractivity contribution in [3.05, 3.63) is 30.3 Å². The van der Waals surface area contributed by atoms with E-state index >= 15 is 0 Å². The molecule has 0 bridgehead atoms. The van der Waals surface area contributed by atoms with Gasteiger partial charge in [0.05, 0.1) is 6.04 Å². The maximum Gasteiger partial charge on any atom is 0.415 e. The minimum atomic E-state index is -1.40. The molecule has 2 aliphatic rings. The van der Waals surface area contributed by atoms with Crippen LogP contribution in [0.15, 0.2) is 30.3 Å². The molecule has 0 unspecified atom stereocenters. The molecule has 1 aromatic carbocycles. The van der Waals surface area contributed by atoms with Gasteiger partial charge in [-0.05, 0) is 43.1 Å². The van der Waals surface area contributed by atoms with Crippen LogP contribution in [-0.4, -0.2) is 87.0 Å². The fourth-order valence-electron chi connectivity index (χ4n) is 5.08. The van der Waals surface area contributed by atoms with Crippen LogP contribution in [0.5, 0.6) is 5.75 Å². The first-order valence-electron chi connectivity index (χ1n) is 12.7. The zero-order chi connectivity index (χ0) is 26.4. The molecule has 0 saturated carbocycles. The number of amides is 2. The number of piperidine rings is 1. The summed E-state index contributed by atoms with van der Waals surface area (Å²) in [7, 11) is 0. The largest absolute Gasteiger partial charge is 0.415 e. The molecule has 2 fully saturated rings. The quantitative estimate of drug-likeness (QED) is 0.408. The number of nitrogens with zero attached hydrogens (tertiary/aromatic N) is 1. The number of thioether (sulfide) groups is 1. The van der Waals surface area contributed by atoms with Crippen LogP contribution >= 0.6 is 11.8 Å². The van der Waals surface area contributed by atoms with Crippen LogP contribution in [0.1, 0.15) is 46.5 Å². The van der Waals surface area contributed by atoms with Gasteiger partial charge in [-0.1, -0.05) is 51.8 Å². The molecule has 2 saturated heterocycles. The van der Waals surface area contributed by atoms with Crippen molar-refractivity contribution in [1.29, 1.82) is 0 Å². The average molecular weight is 525 g/mol. The van der Waals surface area contributed by atoms with E-state index in [4.69, 9.17) is 9.47 Å². The summed E-state index contributed by atoms with van der Waals surface area (Å²) < 4.78 is 11.5. The lowest BCUT2D eigenvalue weighted by Gasteiger charge is -2.45. The lowest BCUT2D eigenvalue weighted by molar-refractivity contribution is -0.208. The molecule has 2 heterocycles. The molecule has 2 aliphatic heterocycles. The zero-order valence-electron chi connectivity index (χ0n) is 21.4. The molecule has 1 aromatic rings. The third kappa shape index (κ3) is 6.72. The molecule has 2 amide bonds. The summed E-state index contributed by atoms with van der Waals surface area (Å²) in [6, 6.07) is 7.37. The van der Waals surface area contributed by atoms with Gasteiger partial charge in [0.15, 0.2) is 0 Å². The minimum absolute atomic E-state index is 0.154. The molecule has 0 spiro atoms. The van der Waals surface area contributed by atoms with Crippen LogP contribution in [0.2, 0.25) is 0 Å². The van der Waals surface area contributed by atoms with E-state index < -0.39 is 48.0 Å². The number of para-hydroxylation sites is 1. The van der Waals surface area contributed by atoms with Gasteiger partial charge in [0.25, 0.3) is 0 Å². The van der Waals surface area contributed by atoms with Crippen molar-refractivity contribution in [2.75, 3.05) is 12.8 Å². The van der Waals surface area contributed by atoms with Gasteiger partial charge in [-0.2, -0.15) is 0 Å². The monoisotopic (exact) mass is 524 g/mol. The number of carbonyl (C=O) groups is 2. The first-order chi connectivity index (χ1) is 17.2. The van der Waals surface area contributed by atoms with Crippen molar-refractivity contribution in [2.45, 2.75) is 88.4 Å². The smallest absolute Gasteiger partial charge is 0.410 e. The van der Waals surface area contributed by atoms with Gasteiger partial charge in [0, 0.05) is 6.54 Å². The van der Waals surface area contributed by atoms with E-state index in [1.165, 1.54) is 16.7 Å². The Labute approximate surface area is 217 Å². The molecular weight excluding hydrogens is 484 g/mol. The Balaban J connectivity index is 1.79. The second-order valence-electron chi connectivity index (χ2n) is 10.0. The van der Waals surface area contributed by atoms with Gasteiger partial charge in [0.2, 0.25) is 5.91 Å². The molecule has 202 valence electrons. The van der Waals surface area contributed by atoms with Crippen LogP contribution in [0.3, 0.4) is 0 Å². The van der Waals surface area contributed by atoms with E-state index in [0.717, 1.165) is 19.3 Å². The number of likely N-dealkylation sites (tertiary alicyclic amines) is 1. The van der Waals surface area contributed by atoms with Gasteiger partial charge < -0.3 is 30.1 Å². The summed E-state index contributed by atoms with van der Waals surface area (Å²) in [5.41, 5.74) is -0.743. The second kappa shape index (κ2) is 13.1. The summed E-state index contributed by atoms with van der Waals surface area (Å²) in [5, 5.41) is 34.3. The SMILES string of the molecule is CCC[C@@H]1CCN(C(=O)Oc2ccccc2)[C@H](C(=O)N[C@H](C(C)C)[C@H]2O[C@H](SC)[C@H](O)[C@@H](O)[C@H]2O)C1. The van der Waals surface area contributed by atoms with Crippen molar-refractivity contribution >= 4 is 23.8 Å². The lowest BCUT2D eigenvalue weighted by atomic mass is 9.86. The molecule has 0 aromatic heterocycles. The molecule has 0 radical (unpaired) electrons. The van der Waals surface area contributed by atoms with Crippen LogP contribution in [-0.2, 0) is 9.53 Å². The second-order valence-corrected chi connectivity index (χ2v) is 11.0. The van der Waals surface area contributed by atoms with E-state index in [2.05, 4.69) is 12.2 Å². The number of carbonyl (C=O) groups excluding carboxylic acids is 2. The van der Waals surface area contributed by atoms with Crippen molar-refractivity contribution in [3.63, 3.8) is 0 Å².